The van der Waals surface area contributed by atoms with Crippen LogP contribution in [0.25, 0.3) is 0 Å². The molecule has 166 valence electrons. The molecule has 0 radical (unpaired) electrons. The predicted octanol–water partition coefficient (Wildman–Crippen LogP) is 3.77. The highest BCUT2D eigenvalue weighted by Gasteiger charge is 2.41. The fourth-order valence-corrected chi connectivity index (χ4v) is 4.87. The minimum atomic E-state index is -0.501. The summed E-state index contributed by atoms with van der Waals surface area (Å²) in [6.45, 7) is 5.20. The fraction of sp³-hybridized carbons (Fsp3) is 0.500. The van der Waals surface area contributed by atoms with Gasteiger partial charge in [0.1, 0.15) is 5.75 Å². The summed E-state index contributed by atoms with van der Waals surface area (Å²) in [4.78, 5) is 15.9. The van der Waals surface area contributed by atoms with Crippen LogP contribution in [-0.4, -0.2) is 50.8 Å². The van der Waals surface area contributed by atoms with E-state index in [9.17, 15) is 4.79 Å². The van der Waals surface area contributed by atoms with E-state index in [1.807, 2.05) is 24.3 Å². The molecule has 1 amide bonds. The number of hydrogen-bond acceptors (Lipinski definition) is 4. The van der Waals surface area contributed by atoms with Gasteiger partial charge >= 0.3 is 0 Å². The van der Waals surface area contributed by atoms with Crippen molar-refractivity contribution in [1.29, 1.82) is 0 Å². The highest BCUT2D eigenvalue weighted by Crippen LogP contribution is 2.36. The maximum atomic E-state index is 13.4. The van der Waals surface area contributed by atoms with Gasteiger partial charge in [0.15, 0.2) is 0 Å². The maximum absolute atomic E-state index is 13.4. The minimum absolute atomic E-state index is 0.146. The molecule has 1 N–H and O–H groups in total. The molecule has 2 aromatic rings. The zero-order chi connectivity index (χ0) is 21.5. The lowest BCUT2D eigenvalue weighted by atomic mass is 9.73. The molecular formula is C26H34N2O3. The van der Waals surface area contributed by atoms with Crippen molar-refractivity contribution in [1.82, 2.24) is 10.2 Å². The van der Waals surface area contributed by atoms with Crippen molar-refractivity contribution in [2.75, 3.05) is 40.0 Å². The largest absolute Gasteiger partial charge is 0.497 e. The standard InChI is InChI=1S/C26H34N2O3/c1-30-24-9-7-23(8-10-24)26(13-17-31-18-14-26)25(29)27-19-21-11-15-28(16-12-21)20-22-5-3-2-4-6-22/h2-10,21H,11-20H2,1H3,(H,27,29). The molecule has 31 heavy (non-hydrogen) atoms. The number of piperidine rings is 1. The van der Waals surface area contributed by atoms with Crippen molar-refractivity contribution < 1.29 is 14.3 Å². The first-order chi connectivity index (χ1) is 15.2. The summed E-state index contributed by atoms with van der Waals surface area (Å²) in [6.07, 6.45) is 3.71. The summed E-state index contributed by atoms with van der Waals surface area (Å²) < 4.78 is 10.9. The van der Waals surface area contributed by atoms with Gasteiger partial charge in [-0.15, -0.1) is 0 Å². The third-order valence-corrected chi connectivity index (χ3v) is 6.93. The van der Waals surface area contributed by atoms with E-state index in [2.05, 4.69) is 40.5 Å². The van der Waals surface area contributed by atoms with Gasteiger partial charge < -0.3 is 14.8 Å². The molecule has 2 saturated heterocycles. The molecule has 0 bridgehead atoms. The molecular weight excluding hydrogens is 388 g/mol. The summed E-state index contributed by atoms with van der Waals surface area (Å²) >= 11 is 0. The van der Waals surface area contributed by atoms with Gasteiger partial charge in [0.25, 0.3) is 0 Å². The Morgan fingerprint density at radius 2 is 1.74 bits per heavy atom. The molecule has 0 atom stereocenters. The van der Waals surface area contributed by atoms with Crippen LogP contribution in [0.2, 0.25) is 0 Å². The molecule has 0 saturated carbocycles. The van der Waals surface area contributed by atoms with E-state index < -0.39 is 5.41 Å². The normalized spacial score (nSPS) is 19.6. The van der Waals surface area contributed by atoms with Crippen molar-refractivity contribution in [2.24, 2.45) is 5.92 Å². The molecule has 5 nitrogen and oxygen atoms in total. The monoisotopic (exact) mass is 422 g/mol. The fourth-order valence-electron chi connectivity index (χ4n) is 4.87. The van der Waals surface area contributed by atoms with Crippen molar-refractivity contribution in [3.8, 4) is 5.75 Å². The number of likely N-dealkylation sites (tertiary alicyclic amines) is 1. The van der Waals surface area contributed by atoms with Crippen LogP contribution >= 0.6 is 0 Å². The second-order valence-electron chi connectivity index (χ2n) is 8.84. The molecule has 0 spiro atoms. The van der Waals surface area contributed by atoms with Crippen LogP contribution in [-0.2, 0) is 21.5 Å². The SMILES string of the molecule is COc1ccc(C2(C(=O)NCC3CCN(Cc4ccccc4)CC3)CCOCC2)cc1. The van der Waals surface area contributed by atoms with E-state index in [-0.39, 0.29) is 5.91 Å². The van der Waals surface area contributed by atoms with Gasteiger partial charge in [-0.1, -0.05) is 42.5 Å². The number of nitrogens with one attached hydrogen (secondary N) is 1. The Kier molecular flexibility index (Phi) is 7.25. The van der Waals surface area contributed by atoms with Crippen LogP contribution in [0.1, 0.15) is 36.8 Å². The van der Waals surface area contributed by atoms with Crippen LogP contribution in [0.3, 0.4) is 0 Å². The van der Waals surface area contributed by atoms with Crippen molar-refractivity contribution in [2.45, 2.75) is 37.6 Å². The van der Waals surface area contributed by atoms with Gasteiger partial charge in [0, 0.05) is 26.3 Å². The number of amides is 1. The summed E-state index contributed by atoms with van der Waals surface area (Å²) in [5.74, 6) is 1.50. The predicted molar refractivity (Wildman–Crippen MR) is 122 cm³/mol. The Morgan fingerprint density at radius 1 is 1.06 bits per heavy atom. The lowest BCUT2D eigenvalue weighted by Crippen LogP contribution is -2.49. The Labute approximate surface area is 185 Å². The van der Waals surface area contributed by atoms with Gasteiger partial charge in [0.2, 0.25) is 5.91 Å². The molecule has 2 aliphatic rings. The molecule has 0 unspecified atom stereocenters. The number of ether oxygens (including phenoxy) is 2. The van der Waals surface area contributed by atoms with E-state index in [1.165, 1.54) is 5.56 Å². The smallest absolute Gasteiger partial charge is 0.230 e. The van der Waals surface area contributed by atoms with E-state index in [4.69, 9.17) is 9.47 Å². The second kappa shape index (κ2) is 10.3. The lowest BCUT2D eigenvalue weighted by molar-refractivity contribution is -0.130. The molecule has 0 aliphatic carbocycles. The molecule has 2 aromatic carbocycles. The van der Waals surface area contributed by atoms with E-state index in [0.717, 1.165) is 63.2 Å². The number of benzene rings is 2. The summed E-state index contributed by atoms with van der Waals surface area (Å²) in [6, 6.07) is 18.6. The van der Waals surface area contributed by atoms with Crippen molar-refractivity contribution >= 4 is 5.91 Å². The highest BCUT2D eigenvalue weighted by molar-refractivity contribution is 5.88. The third kappa shape index (κ3) is 5.28. The first kappa shape index (κ1) is 21.8. The topological polar surface area (TPSA) is 50.8 Å². The van der Waals surface area contributed by atoms with Crippen LogP contribution in [0, 0.1) is 5.92 Å². The van der Waals surface area contributed by atoms with Crippen LogP contribution in [0.4, 0.5) is 0 Å². The molecule has 4 rings (SSSR count). The average molecular weight is 423 g/mol. The number of carbonyl (C=O) groups is 1. The average Bonchev–Trinajstić information content (AvgIpc) is 2.84. The highest BCUT2D eigenvalue weighted by atomic mass is 16.5. The molecule has 2 fully saturated rings. The molecule has 0 aromatic heterocycles. The Hall–Kier alpha value is -2.37. The molecule has 5 heteroatoms. The van der Waals surface area contributed by atoms with Gasteiger partial charge in [-0.05, 0) is 68.0 Å². The van der Waals surface area contributed by atoms with Crippen molar-refractivity contribution in [3.05, 3.63) is 65.7 Å². The Balaban J connectivity index is 1.32. The van der Waals surface area contributed by atoms with E-state index in [1.54, 1.807) is 7.11 Å². The summed E-state index contributed by atoms with van der Waals surface area (Å²) in [7, 11) is 1.66. The minimum Gasteiger partial charge on any atom is -0.497 e. The first-order valence-electron chi connectivity index (χ1n) is 11.5. The summed E-state index contributed by atoms with van der Waals surface area (Å²) in [5.41, 5.74) is 1.93. The van der Waals surface area contributed by atoms with Gasteiger partial charge in [0.05, 0.1) is 12.5 Å². The lowest BCUT2D eigenvalue weighted by Gasteiger charge is -2.37. The maximum Gasteiger partial charge on any atom is 0.230 e. The number of methoxy groups -OCH3 is 1. The first-order valence-corrected chi connectivity index (χ1v) is 11.5. The summed E-state index contributed by atoms with van der Waals surface area (Å²) in [5, 5.41) is 3.31. The number of hydrogen-bond donors (Lipinski definition) is 1. The molecule has 2 heterocycles. The second-order valence-corrected chi connectivity index (χ2v) is 8.84. The Bertz CT molecular complexity index is 823. The zero-order valence-electron chi connectivity index (χ0n) is 18.5. The number of rotatable bonds is 7. The van der Waals surface area contributed by atoms with Gasteiger partial charge in [-0.25, -0.2) is 0 Å². The molecule has 2 aliphatic heterocycles. The van der Waals surface area contributed by atoms with Crippen LogP contribution < -0.4 is 10.1 Å². The quantitative estimate of drug-likeness (QED) is 0.738. The van der Waals surface area contributed by atoms with Gasteiger partial charge in [-0.2, -0.15) is 0 Å². The number of carbonyl (C=O) groups excluding carboxylic acids is 1. The number of nitrogens with zero attached hydrogens (tertiary/aromatic N) is 1. The Morgan fingerprint density at radius 3 is 2.39 bits per heavy atom. The van der Waals surface area contributed by atoms with E-state index in [0.29, 0.717) is 19.1 Å². The third-order valence-electron chi connectivity index (χ3n) is 6.93. The van der Waals surface area contributed by atoms with Crippen LogP contribution in [0.5, 0.6) is 5.75 Å². The van der Waals surface area contributed by atoms with E-state index >= 15 is 0 Å². The van der Waals surface area contributed by atoms with Crippen molar-refractivity contribution in [3.63, 3.8) is 0 Å². The zero-order valence-corrected chi connectivity index (χ0v) is 18.5. The van der Waals surface area contributed by atoms with Gasteiger partial charge in [-0.3, -0.25) is 9.69 Å². The van der Waals surface area contributed by atoms with Crippen LogP contribution in [0.15, 0.2) is 54.6 Å².